The first-order chi connectivity index (χ1) is 8.74. The van der Waals surface area contributed by atoms with E-state index >= 15 is 0 Å². The summed E-state index contributed by atoms with van der Waals surface area (Å²) in [6, 6.07) is 10.8. The van der Waals surface area contributed by atoms with E-state index in [1.54, 1.807) is 0 Å². The molecule has 0 fully saturated rings. The van der Waals surface area contributed by atoms with Gasteiger partial charge in [-0.2, -0.15) is 0 Å². The molecule has 2 aromatic rings. The number of anilines is 1. The summed E-state index contributed by atoms with van der Waals surface area (Å²) in [6.07, 6.45) is 4.12. The third-order valence-electron chi connectivity index (χ3n) is 3.28. The molecule has 0 saturated carbocycles. The first kappa shape index (κ1) is 12.2. The van der Waals surface area contributed by atoms with E-state index in [4.69, 9.17) is 0 Å². The molecule has 1 N–H and O–H groups in total. The second-order valence-electron chi connectivity index (χ2n) is 4.41. The fraction of sp³-hybridized carbons (Fsp3) is 0.214. The Balaban J connectivity index is 1.85. The van der Waals surface area contributed by atoms with Crippen LogP contribution >= 0.6 is 31.9 Å². The maximum atomic E-state index is 4.24. The minimum atomic E-state index is 0.389. The number of benzene rings is 1. The molecule has 1 aliphatic rings. The number of nitrogens with zero attached hydrogens (tertiary/aromatic N) is 1. The van der Waals surface area contributed by atoms with Crippen LogP contribution in [0.3, 0.4) is 0 Å². The van der Waals surface area contributed by atoms with Crippen molar-refractivity contribution in [3.05, 3.63) is 56.7 Å². The standard InChI is InChI=1S/C14H12Br2N2/c15-12-3-1-2-11-10(12)5-6-13(11)18-9-4-7-14(16)17-8-9/h1-4,7-8,13,18H,5-6H2. The van der Waals surface area contributed by atoms with Gasteiger partial charge >= 0.3 is 0 Å². The van der Waals surface area contributed by atoms with Crippen molar-refractivity contribution in [1.82, 2.24) is 4.98 Å². The molecule has 0 amide bonds. The lowest BCUT2D eigenvalue weighted by Crippen LogP contribution is -2.07. The molecule has 3 rings (SSSR count). The number of hydrogen-bond acceptors (Lipinski definition) is 2. The van der Waals surface area contributed by atoms with E-state index < -0.39 is 0 Å². The van der Waals surface area contributed by atoms with Crippen LogP contribution in [0.5, 0.6) is 0 Å². The van der Waals surface area contributed by atoms with Crippen molar-refractivity contribution in [2.45, 2.75) is 18.9 Å². The summed E-state index contributed by atoms with van der Waals surface area (Å²) in [5.74, 6) is 0. The van der Waals surface area contributed by atoms with Crippen LogP contribution in [-0.2, 0) is 6.42 Å². The van der Waals surface area contributed by atoms with Crippen LogP contribution in [0, 0.1) is 0 Å². The van der Waals surface area contributed by atoms with E-state index in [-0.39, 0.29) is 0 Å². The van der Waals surface area contributed by atoms with Gasteiger partial charge in [-0.05, 0) is 58.1 Å². The third kappa shape index (κ3) is 2.31. The zero-order valence-electron chi connectivity index (χ0n) is 9.66. The highest BCUT2D eigenvalue weighted by Crippen LogP contribution is 2.37. The average molecular weight is 368 g/mol. The Labute approximate surface area is 123 Å². The van der Waals surface area contributed by atoms with Crippen LogP contribution in [0.4, 0.5) is 5.69 Å². The highest BCUT2D eigenvalue weighted by Gasteiger charge is 2.23. The molecular weight excluding hydrogens is 356 g/mol. The molecule has 1 aliphatic carbocycles. The minimum Gasteiger partial charge on any atom is -0.377 e. The highest BCUT2D eigenvalue weighted by atomic mass is 79.9. The molecule has 0 saturated heterocycles. The average Bonchev–Trinajstić information content (AvgIpc) is 2.77. The summed E-state index contributed by atoms with van der Waals surface area (Å²) >= 11 is 6.97. The molecule has 0 bridgehead atoms. The second-order valence-corrected chi connectivity index (χ2v) is 6.08. The molecule has 1 aromatic heterocycles. The molecule has 4 heteroatoms. The molecule has 92 valence electrons. The Morgan fingerprint density at radius 1 is 1.17 bits per heavy atom. The van der Waals surface area contributed by atoms with Crippen molar-refractivity contribution in [3.8, 4) is 0 Å². The van der Waals surface area contributed by atoms with Crippen molar-refractivity contribution >= 4 is 37.5 Å². The largest absolute Gasteiger partial charge is 0.377 e. The maximum Gasteiger partial charge on any atom is 0.106 e. The molecule has 0 spiro atoms. The molecule has 2 nitrogen and oxygen atoms in total. The zero-order valence-corrected chi connectivity index (χ0v) is 12.8. The van der Waals surface area contributed by atoms with Gasteiger partial charge in [0.1, 0.15) is 4.60 Å². The van der Waals surface area contributed by atoms with E-state index in [9.17, 15) is 0 Å². The molecule has 18 heavy (non-hydrogen) atoms. The van der Waals surface area contributed by atoms with Gasteiger partial charge in [0.2, 0.25) is 0 Å². The van der Waals surface area contributed by atoms with Gasteiger partial charge in [0, 0.05) is 4.47 Å². The number of fused-ring (bicyclic) bond motifs is 1. The molecule has 1 unspecified atom stereocenters. The Morgan fingerprint density at radius 2 is 2.06 bits per heavy atom. The van der Waals surface area contributed by atoms with Gasteiger partial charge in [-0.1, -0.05) is 28.1 Å². The van der Waals surface area contributed by atoms with Crippen molar-refractivity contribution in [1.29, 1.82) is 0 Å². The van der Waals surface area contributed by atoms with E-state index in [1.807, 2.05) is 18.3 Å². The van der Waals surface area contributed by atoms with Gasteiger partial charge in [-0.25, -0.2) is 4.98 Å². The second kappa shape index (κ2) is 5.02. The van der Waals surface area contributed by atoms with Crippen LogP contribution in [0.1, 0.15) is 23.6 Å². The first-order valence-electron chi connectivity index (χ1n) is 5.89. The van der Waals surface area contributed by atoms with Gasteiger partial charge < -0.3 is 5.32 Å². The summed E-state index contributed by atoms with van der Waals surface area (Å²) < 4.78 is 2.08. The van der Waals surface area contributed by atoms with Gasteiger partial charge in [-0.3, -0.25) is 0 Å². The van der Waals surface area contributed by atoms with E-state index in [2.05, 4.69) is 60.4 Å². The molecular formula is C14H12Br2N2. The smallest absolute Gasteiger partial charge is 0.106 e. The lowest BCUT2D eigenvalue weighted by molar-refractivity contribution is 0.761. The van der Waals surface area contributed by atoms with Crippen LogP contribution in [0.25, 0.3) is 0 Å². The monoisotopic (exact) mass is 366 g/mol. The predicted molar refractivity (Wildman–Crippen MR) is 80.8 cm³/mol. The molecule has 0 radical (unpaired) electrons. The van der Waals surface area contributed by atoms with Gasteiger partial charge in [0.25, 0.3) is 0 Å². The quantitative estimate of drug-likeness (QED) is 0.777. The van der Waals surface area contributed by atoms with Crippen molar-refractivity contribution < 1.29 is 0 Å². The Morgan fingerprint density at radius 3 is 2.83 bits per heavy atom. The fourth-order valence-electron chi connectivity index (χ4n) is 2.42. The lowest BCUT2D eigenvalue weighted by atomic mass is 10.1. The van der Waals surface area contributed by atoms with E-state index in [0.29, 0.717) is 6.04 Å². The normalized spacial score (nSPS) is 17.6. The van der Waals surface area contributed by atoms with Gasteiger partial charge in [0.15, 0.2) is 0 Å². The molecule has 1 atom stereocenters. The maximum absolute atomic E-state index is 4.24. The Kier molecular flexibility index (Phi) is 3.39. The van der Waals surface area contributed by atoms with E-state index in [1.165, 1.54) is 15.6 Å². The summed E-state index contributed by atoms with van der Waals surface area (Å²) in [5.41, 5.74) is 3.89. The van der Waals surface area contributed by atoms with E-state index in [0.717, 1.165) is 23.1 Å². The number of rotatable bonds is 2. The van der Waals surface area contributed by atoms with Crippen LogP contribution < -0.4 is 5.32 Å². The van der Waals surface area contributed by atoms with Gasteiger partial charge in [0.05, 0.1) is 17.9 Å². The van der Waals surface area contributed by atoms with Crippen LogP contribution in [-0.4, -0.2) is 4.98 Å². The number of pyridine rings is 1. The zero-order chi connectivity index (χ0) is 12.5. The summed E-state index contributed by atoms with van der Waals surface area (Å²) in [7, 11) is 0. The summed E-state index contributed by atoms with van der Waals surface area (Å²) in [6.45, 7) is 0. The third-order valence-corrected chi connectivity index (χ3v) is 4.49. The number of nitrogens with one attached hydrogen (secondary N) is 1. The highest BCUT2D eigenvalue weighted by molar-refractivity contribution is 9.10. The fourth-order valence-corrected chi connectivity index (χ4v) is 3.24. The SMILES string of the molecule is Brc1ccc(NC2CCc3c(Br)cccc32)cn1. The molecule has 1 heterocycles. The summed E-state index contributed by atoms with van der Waals surface area (Å²) in [5, 5.41) is 3.55. The first-order valence-corrected chi connectivity index (χ1v) is 7.48. The Bertz CT molecular complexity index is 567. The topological polar surface area (TPSA) is 24.9 Å². The van der Waals surface area contributed by atoms with Crippen molar-refractivity contribution in [3.63, 3.8) is 0 Å². The van der Waals surface area contributed by atoms with Crippen molar-refractivity contribution in [2.24, 2.45) is 0 Å². The van der Waals surface area contributed by atoms with Gasteiger partial charge in [-0.15, -0.1) is 0 Å². The molecule has 1 aromatic carbocycles. The number of halogens is 2. The van der Waals surface area contributed by atoms with Crippen LogP contribution in [0.15, 0.2) is 45.6 Å². The minimum absolute atomic E-state index is 0.389. The van der Waals surface area contributed by atoms with Crippen molar-refractivity contribution in [2.75, 3.05) is 5.32 Å². The molecule has 0 aliphatic heterocycles. The number of aromatic nitrogens is 1. The predicted octanol–water partition coefficient (Wildman–Crippen LogP) is 4.71. The summed E-state index contributed by atoms with van der Waals surface area (Å²) in [4.78, 5) is 4.24. The Hall–Kier alpha value is -0.870. The number of hydrogen-bond donors (Lipinski definition) is 1. The van der Waals surface area contributed by atoms with Crippen LogP contribution in [0.2, 0.25) is 0 Å². The lowest BCUT2D eigenvalue weighted by Gasteiger charge is -2.15.